The highest BCUT2D eigenvalue weighted by Crippen LogP contribution is 2.22. The largest absolute Gasteiger partial charge is 0.347 e. The summed E-state index contributed by atoms with van der Waals surface area (Å²) in [6.45, 7) is 1.97. The molecule has 0 spiro atoms. The van der Waals surface area contributed by atoms with Crippen LogP contribution < -0.4 is 16.2 Å². The van der Waals surface area contributed by atoms with Crippen molar-refractivity contribution in [2.45, 2.75) is 38.3 Å². The Kier molecular flexibility index (Phi) is 5.81. The van der Waals surface area contributed by atoms with Gasteiger partial charge in [0.1, 0.15) is 0 Å². The second-order valence-electron chi connectivity index (χ2n) is 7.46. The molecule has 0 radical (unpaired) electrons. The number of nitrogens with one attached hydrogen (secondary N) is 2. The summed E-state index contributed by atoms with van der Waals surface area (Å²) in [5, 5.41) is 6.13. The summed E-state index contributed by atoms with van der Waals surface area (Å²) in [4.78, 5) is 38.9. The van der Waals surface area contributed by atoms with Gasteiger partial charge in [-0.15, -0.1) is 11.3 Å². The summed E-state index contributed by atoms with van der Waals surface area (Å²) in [5.74, 6) is -0.267. The first-order chi connectivity index (χ1) is 14.5. The zero-order chi connectivity index (χ0) is 21.1. The fourth-order valence-electron chi connectivity index (χ4n) is 3.77. The summed E-state index contributed by atoms with van der Waals surface area (Å²) < 4.78 is 1.52. The van der Waals surface area contributed by atoms with Crippen LogP contribution in [0.2, 0.25) is 0 Å². The van der Waals surface area contributed by atoms with E-state index < -0.39 is 0 Å². The second kappa shape index (κ2) is 8.67. The average molecular weight is 422 g/mol. The van der Waals surface area contributed by atoms with E-state index in [9.17, 15) is 14.4 Å². The number of aromatic nitrogens is 1. The number of aryl methyl sites for hydroxylation is 1. The predicted molar refractivity (Wildman–Crippen MR) is 117 cm³/mol. The van der Waals surface area contributed by atoms with Crippen molar-refractivity contribution in [3.8, 4) is 5.69 Å². The van der Waals surface area contributed by atoms with Crippen molar-refractivity contribution in [1.82, 2.24) is 15.2 Å². The van der Waals surface area contributed by atoms with Gasteiger partial charge in [-0.1, -0.05) is 6.07 Å². The van der Waals surface area contributed by atoms with Crippen molar-refractivity contribution in [2.24, 2.45) is 0 Å². The number of amides is 2. The lowest BCUT2D eigenvalue weighted by atomic mass is 10.1. The molecule has 30 heavy (non-hydrogen) atoms. The molecular weight excluding hydrogens is 398 g/mol. The molecule has 1 aliphatic rings. The monoisotopic (exact) mass is 421 g/mol. The third-order valence-corrected chi connectivity index (χ3v) is 6.34. The average Bonchev–Trinajstić information content (AvgIpc) is 3.37. The van der Waals surface area contributed by atoms with E-state index in [1.165, 1.54) is 22.0 Å². The van der Waals surface area contributed by atoms with Gasteiger partial charge < -0.3 is 10.6 Å². The van der Waals surface area contributed by atoms with Gasteiger partial charge in [0.05, 0.1) is 4.88 Å². The third-order valence-electron chi connectivity index (χ3n) is 5.34. The zero-order valence-corrected chi connectivity index (χ0v) is 17.4. The van der Waals surface area contributed by atoms with E-state index in [0.717, 1.165) is 24.1 Å². The first-order valence-corrected chi connectivity index (χ1v) is 10.8. The van der Waals surface area contributed by atoms with Crippen molar-refractivity contribution in [3.05, 3.63) is 86.5 Å². The van der Waals surface area contributed by atoms with Crippen LogP contribution in [0.25, 0.3) is 5.69 Å². The van der Waals surface area contributed by atoms with Crippen LogP contribution in [0.4, 0.5) is 0 Å². The molecule has 0 unspecified atom stereocenters. The molecule has 4 rings (SSSR count). The number of carbonyl (C=O) groups excluding carboxylic acids is 2. The van der Waals surface area contributed by atoms with Crippen LogP contribution in [0, 0.1) is 6.92 Å². The Balaban J connectivity index is 1.41. The maximum absolute atomic E-state index is 12.7. The number of hydrogen-bond donors (Lipinski definition) is 2. The number of thiophene rings is 1. The van der Waals surface area contributed by atoms with Crippen molar-refractivity contribution >= 4 is 23.2 Å². The van der Waals surface area contributed by atoms with Gasteiger partial charge in [-0.25, -0.2) is 0 Å². The van der Waals surface area contributed by atoms with E-state index in [-0.39, 0.29) is 29.5 Å². The lowest BCUT2D eigenvalue weighted by Crippen LogP contribution is -2.48. The molecule has 2 amide bonds. The van der Waals surface area contributed by atoms with Crippen molar-refractivity contribution < 1.29 is 9.59 Å². The Morgan fingerprint density at radius 2 is 1.63 bits per heavy atom. The SMILES string of the molecule is Cc1ccc(C(=O)N[C@@H]2CCC[C@@H]2NC(=O)c2ccc(-n3ccccc3=O)cc2)s1. The van der Waals surface area contributed by atoms with Gasteiger partial charge in [-0.05, 0) is 68.7 Å². The fraction of sp³-hybridized carbons (Fsp3) is 0.261. The van der Waals surface area contributed by atoms with Gasteiger partial charge in [-0.3, -0.25) is 19.0 Å². The van der Waals surface area contributed by atoms with Crippen molar-refractivity contribution in [3.63, 3.8) is 0 Å². The molecule has 0 bridgehead atoms. The summed E-state index contributed by atoms with van der Waals surface area (Å²) in [6, 6.07) is 15.5. The standard InChI is InChI=1S/C23H23N3O3S/c1-15-8-13-20(30-15)23(29)25-19-6-4-5-18(19)24-22(28)16-9-11-17(12-10-16)26-14-3-2-7-21(26)27/h2-3,7-14,18-19H,4-6H2,1H3,(H,24,28)(H,25,29)/t18-,19+/m0/s1. The predicted octanol–water partition coefficient (Wildman–Crippen LogP) is 3.29. The third kappa shape index (κ3) is 4.36. The van der Waals surface area contributed by atoms with Gasteiger partial charge in [0.2, 0.25) is 0 Å². The molecule has 7 heteroatoms. The molecule has 2 heterocycles. The Morgan fingerprint density at radius 1 is 0.933 bits per heavy atom. The van der Waals surface area contributed by atoms with Crippen molar-refractivity contribution in [1.29, 1.82) is 0 Å². The first-order valence-electron chi connectivity index (χ1n) is 9.97. The van der Waals surface area contributed by atoms with Gasteiger partial charge >= 0.3 is 0 Å². The minimum Gasteiger partial charge on any atom is -0.347 e. The van der Waals surface area contributed by atoms with Gasteiger partial charge in [0, 0.05) is 40.5 Å². The highest BCUT2D eigenvalue weighted by Gasteiger charge is 2.30. The van der Waals surface area contributed by atoms with Crippen LogP contribution in [0.1, 0.15) is 44.2 Å². The van der Waals surface area contributed by atoms with E-state index in [1.807, 2.05) is 19.1 Å². The topological polar surface area (TPSA) is 80.2 Å². The molecular formula is C23H23N3O3S. The Hall–Kier alpha value is -3.19. The lowest BCUT2D eigenvalue weighted by Gasteiger charge is -2.22. The molecule has 154 valence electrons. The minimum absolute atomic E-state index is 0.0778. The van der Waals surface area contributed by atoms with E-state index in [4.69, 9.17) is 0 Å². The maximum atomic E-state index is 12.7. The van der Waals surface area contributed by atoms with Crippen LogP contribution in [-0.2, 0) is 0 Å². The van der Waals surface area contributed by atoms with Gasteiger partial charge in [-0.2, -0.15) is 0 Å². The van der Waals surface area contributed by atoms with E-state index in [0.29, 0.717) is 16.1 Å². The minimum atomic E-state index is -0.180. The number of benzene rings is 1. The molecule has 2 atom stereocenters. The Morgan fingerprint density at radius 3 is 2.27 bits per heavy atom. The summed E-state index contributed by atoms with van der Waals surface area (Å²) >= 11 is 1.47. The lowest BCUT2D eigenvalue weighted by molar-refractivity contribution is 0.0894. The second-order valence-corrected chi connectivity index (χ2v) is 8.74. The number of rotatable bonds is 5. The molecule has 2 aromatic heterocycles. The quantitative estimate of drug-likeness (QED) is 0.663. The van der Waals surface area contributed by atoms with E-state index >= 15 is 0 Å². The summed E-state index contributed by atoms with van der Waals surface area (Å²) in [5.41, 5.74) is 1.10. The molecule has 1 aliphatic carbocycles. The van der Waals surface area contributed by atoms with Crippen LogP contribution >= 0.6 is 11.3 Å². The Labute approximate surface area is 178 Å². The van der Waals surface area contributed by atoms with Crippen LogP contribution in [0.3, 0.4) is 0 Å². The first kappa shape index (κ1) is 20.1. The Bertz CT molecular complexity index is 1120. The van der Waals surface area contributed by atoms with Gasteiger partial charge in [0.25, 0.3) is 17.4 Å². The molecule has 0 saturated heterocycles. The number of nitrogens with zero attached hydrogens (tertiary/aromatic N) is 1. The molecule has 3 aromatic rings. The number of carbonyl (C=O) groups is 2. The van der Waals surface area contributed by atoms with Crippen molar-refractivity contribution in [2.75, 3.05) is 0 Å². The molecule has 2 N–H and O–H groups in total. The highest BCUT2D eigenvalue weighted by atomic mass is 32.1. The van der Waals surface area contributed by atoms with Crippen LogP contribution in [-0.4, -0.2) is 28.5 Å². The molecule has 6 nitrogen and oxygen atoms in total. The molecule has 1 saturated carbocycles. The molecule has 1 fully saturated rings. The maximum Gasteiger partial charge on any atom is 0.261 e. The normalized spacial score (nSPS) is 18.2. The molecule has 1 aromatic carbocycles. The van der Waals surface area contributed by atoms with E-state index in [2.05, 4.69) is 10.6 Å². The summed E-state index contributed by atoms with van der Waals surface area (Å²) in [7, 11) is 0. The number of pyridine rings is 1. The zero-order valence-electron chi connectivity index (χ0n) is 16.6. The van der Waals surface area contributed by atoms with Gasteiger partial charge in [0.15, 0.2) is 0 Å². The number of hydrogen-bond acceptors (Lipinski definition) is 4. The smallest absolute Gasteiger partial charge is 0.261 e. The van der Waals surface area contributed by atoms with E-state index in [1.54, 1.807) is 42.6 Å². The van der Waals surface area contributed by atoms with Crippen LogP contribution in [0.15, 0.2) is 65.6 Å². The molecule has 0 aliphatic heterocycles. The fourth-order valence-corrected chi connectivity index (χ4v) is 4.54. The highest BCUT2D eigenvalue weighted by molar-refractivity contribution is 7.13. The van der Waals surface area contributed by atoms with Crippen LogP contribution in [0.5, 0.6) is 0 Å². The summed E-state index contributed by atoms with van der Waals surface area (Å²) in [6.07, 6.45) is 4.32.